The minimum atomic E-state index is -0.997. The van der Waals surface area contributed by atoms with Crippen LogP contribution >= 0.6 is 0 Å². The fourth-order valence-corrected chi connectivity index (χ4v) is 1.85. The number of carbonyl (C=O) groups is 1. The van der Waals surface area contributed by atoms with Gasteiger partial charge in [0.05, 0.1) is 17.9 Å². The number of benzene rings is 1. The molecule has 0 unspecified atom stereocenters. The predicted molar refractivity (Wildman–Crippen MR) is 69.3 cm³/mol. The molecule has 0 bridgehead atoms. The predicted octanol–water partition coefficient (Wildman–Crippen LogP) is 1.76. The second-order valence-corrected chi connectivity index (χ2v) is 4.00. The number of aliphatic hydroxyl groups excluding tert-OH is 1. The largest absolute Gasteiger partial charge is 0.487 e. The lowest BCUT2D eigenvalue weighted by Gasteiger charge is -2.10. The molecule has 0 fully saturated rings. The Hall–Kier alpha value is -2.27. The van der Waals surface area contributed by atoms with E-state index in [2.05, 4.69) is 0 Å². The summed E-state index contributed by atoms with van der Waals surface area (Å²) in [7, 11) is 0. The second kappa shape index (κ2) is 6.06. The number of hydrogen-bond acceptors (Lipinski definition) is 3. The highest BCUT2D eigenvalue weighted by Gasteiger charge is 2.15. The van der Waals surface area contributed by atoms with Crippen molar-refractivity contribution < 1.29 is 19.7 Å². The Morgan fingerprint density at radius 2 is 1.95 bits per heavy atom. The van der Waals surface area contributed by atoms with Gasteiger partial charge in [-0.1, -0.05) is 18.2 Å². The first-order valence-corrected chi connectivity index (χ1v) is 5.92. The van der Waals surface area contributed by atoms with Gasteiger partial charge in [0.2, 0.25) is 0 Å². The molecule has 1 aromatic heterocycles. The molecule has 0 atom stereocenters. The van der Waals surface area contributed by atoms with Gasteiger partial charge in [0.1, 0.15) is 12.4 Å². The molecule has 0 radical (unpaired) electrons. The van der Waals surface area contributed by atoms with E-state index < -0.39 is 5.97 Å². The molecule has 0 aliphatic heterocycles. The van der Waals surface area contributed by atoms with Gasteiger partial charge in [0.15, 0.2) is 0 Å². The van der Waals surface area contributed by atoms with E-state index in [1.807, 2.05) is 18.2 Å². The van der Waals surface area contributed by atoms with E-state index in [0.717, 1.165) is 0 Å². The summed E-state index contributed by atoms with van der Waals surface area (Å²) in [5, 5.41) is 18.1. The van der Waals surface area contributed by atoms with Gasteiger partial charge < -0.3 is 19.5 Å². The van der Waals surface area contributed by atoms with Crippen molar-refractivity contribution in [3.63, 3.8) is 0 Å². The Labute approximate surface area is 110 Å². The SMILES string of the molecule is O=C(O)c1ccn(CCO)c1COc1ccccc1. The molecule has 0 aliphatic rings. The van der Waals surface area contributed by atoms with Gasteiger partial charge in [-0.05, 0) is 18.2 Å². The quantitative estimate of drug-likeness (QED) is 0.831. The standard InChI is InChI=1S/C14H15NO4/c16-9-8-15-7-6-12(14(17)18)13(15)10-19-11-4-2-1-3-5-11/h1-7,16H,8-10H2,(H,17,18). The molecule has 1 heterocycles. The minimum Gasteiger partial charge on any atom is -0.487 e. The number of aliphatic hydroxyl groups is 1. The van der Waals surface area contributed by atoms with Gasteiger partial charge in [-0.3, -0.25) is 0 Å². The average Bonchev–Trinajstić information content (AvgIpc) is 2.81. The van der Waals surface area contributed by atoms with Crippen LogP contribution in [-0.4, -0.2) is 27.4 Å². The molecule has 100 valence electrons. The van der Waals surface area contributed by atoms with Gasteiger partial charge >= 0.3 is 5.97 Å². The van der Waals surface area contributed by atoms with Crippen LogP contribution in [-0.2, 0) is 13.2 Å². The van der Waals surface area contributed by atoms with Gasteiger partial charge in [0.25, 0.3) is 0 Å². The zero-order valence-corrected chi connectivity index (χ0v) is 10.3. The number of aromatic carboxylic acids is 1. The number of ether oxygens (including phenoxy) is 1. The third-order valence-corrected chi connectivity index (χ3v) is 2.77. The molecule has 0 saturated carbocycles. The Kier molecular flexibility index (Phi) is 4.20. The van der Waals surface area contributed by atoms with E-state index in [4.69, 9.17) is 14.9 Å². The number of carboxylic acids is 1. The maximum absolute atomic E-state index is 11.1. The van der Waals surface area contributed by atoms with Crippen molar-refractivity contribution in [2.24, 2.45) is 0 Å². The molecule has 0 amide bonds. The number of hydrogen-bond donors (Lipinski definition) is 2. The van der Waals surface area contributed by atoms with E-state index in [1.54, 1.807) is 22.9 Å². The number of para-hydroxylation sites is 1. The van der Waals surface area contributed by atoms with Crippen LogP contribution in [0.15, 0.2) is 42.6 Å². The highest BCUT2D eigenvalue weighted by atomic mass is 16.5. The fraction of sp³-hybridized carbons (Fsp3) is 0.214. The highest BCUT2D eigenvalue weighted by molar-refractivity contribution is 5.89. The summed E-state index contributed by atoms with van der Waals surface area (Å²) in [5.41, 5.74) is 0.745. The van der Waals surface area contributed by atoms with Crippen LogP contribution in [0, 0.1) is 0 Å². The van der Waals surface area contributed by atoms with Crippen molar-refractivity contribution in [3.05, 3.63) is 53.9 Å². The lowest BCUT2D eigenvalue weighted by molar-refractivity contribution is 0.0693. The molecule has 0 aliphatic carbocycles. The van der Waals surface area contributed by atoms with Crippen LogP contribution in [0.1, 0.15) is 16.1 Å². The highest BCUT2D eigenvalue weighted by Crippen LogP contribution is 2.16. The third-order valence-electron chi connectivity index (χ3n) is 2.77. The van der Waals surface area contributed by atoms with Gasteiger partial charge in [-0.25, -0.2) is 4.79 Å². The Morgan fingerprint density at radius 1 is 1.21 bits per heavy atom. The lowest BCUT2D eigenvalue weighted by atomic mass is 10.2. The second-order valence-electron chi connectivity index (χ2n) is 4.00. The van der Waals surface area contributed by atoms with Crippen LogP contribution in [0.5, 0.6) is 5.75 Å². The summed E-state index contributed by atoms with van der Waals surface area (Å²) < 4.78 is 7.25. The first kappa shape index (κ1) is 13.2. The molecule has 5 nitrogen and oxygen atoms in total. The zero-order chi connectivity index (χ0) is 13.7. The van der Waals surface area contributed by atoms with E-state index in [1.165, 1.54) is 6.07 Å². The first-order chi connectivity index (χ1) is 9.22. The van der Waals surface area contributed by atoms with Gasteiger partial charge in [-0.15, -0.1) is 0 Å². The number of rotatable bonds is 6. The Balaban J connectivity index is 2.17. The summed E-state index contributed by atoms with van der Waals surface area (Å²) in [6.45, 7) is 0.450. The monoisotopic (exact) mass is 261 g/mol. The summed E-state index contributed by atoms with van der Waals surface area (Å²) in [5.74, 6) is -0.320. The Morgan fingerprint density at radius 3 is 2.58 bits per heavy atom. The normalized spacial score (nSPS) is 10.4. The van der Waals surface area contributed by atoms with Crippen molar-refractivity contribution in [2.45, 2.75) is 13.2 Å². The maximum atomic E-state index is 11.1. The van der Waals surface area contributed by atoms with Crippen molar-refractivity contribution >= 4 is 5.97 Å². The molecule has 5 heteroatoms. The summed E-state index contributed by atoms with van der Waals surface area (Å²) in [6.07, 6.45) is 1.64. The summed E-state index contributed by atoms with van der Waals surface area (Å²) >= 11 is 0. The number of carboxylic acid groups (broad SMARTS) is 1. The van der Waals surface area contributed by atoms with Gasteiger partial charge in [-0.2, -0.15) is 0 Å². The fourth-order valence-electron chi connectivity index (χ4n) is 1.85. The third kappa shape index (κ3) is 3.14. The van der Waals surface area contributed by atoms with E-state index in [0.29, 0.717) is 18.0 Å². The van der Waals surface area contributed by atoms with Gasteiger partial charge in [0, 0.05) is 12.7 Å². The summed E-state index contributed by atoms with van der Waals surface area (Å²) in [6, 6.07) is 10.7. The molecular formula is C14H15NO4. The minimum absolute atomic E-state index is 0.0495. The zero-order valence-electron chi connectivity index (χ0n) is 10.3. The molecule has 0 spiro atoms. The first-order valence-electron chi connectivity index (χ1n) is 5.92. The lowest BCUT2D eigenvalue weighted by Crippen LogP contribution is -2.11. The molecule has 0 saturated heterocycles. The smallest absolute Gasteiger partial charge is 0.337 e. The van der Waals surface area contributed by atoms with Crippen LogP contribution in [0.2, 0.25) is 0 Å². The molecule has 2 N–H and O–H groups in total. The number of aromatic nitrogens is 1. The maximum Gasteiger partial charge on any atom is 0.337 e. The van der Waals surface area contributed by atoms with Crippen molar-refractivity contribution in [3.8, 4) is 5.75 Å². The van der Waals surface area contributed by atoms with Crippen LogP contribution < -0.4 is 4.74 Å². The molecular weight excluding hydrogens is 246 g/mol. The molecule has 19 heavy (non-hydrogen) atoms. The topological polar surface area (TPSA) is 71.7 Å². The molecule has 1 aromatic carbocycles. The molecule has 2 aromatic rings. The number of nitrogens with zero attached hydrogens (tertiary/aromatic N) is 1. The van der Waals surface area contributed by atoms with E-state index in [-0.39, 0.29) is 18.8 Å². The van der Waals surface area contributed by atoms with Crippen LogP contribution in [0.4, 0.5) is 0 Å². The van der Waals surface area contributed by atoms with Crippen LogP contribution in [0.25, 0.3) is 0 Å². The van der Waals surface area contributed by atoms with E-state index >= 15 is 0 Å². The molecule has 2 rings (SSSR count). The summed E-state index contributed by atoms with van der Waals surface area (Å²) in [4.78, 5) is 11.1. The Bertz CT molecular complexity index is 548. The van der Waals surface area contributed by atoms with Crippen molar-refractivity contribution in [1.29, 1.82) is 0 Å². The average molecular weight is 261 g/mol. The van der Waals surface area contributed by atoms with Crippen molar-refractivity contribution in [1.82, 2.24) is 4.57 Å². The van der Waals surface area contributed by atoms with E-state index in [9.17, 15) is 4.79 Å². The van der Waals surface area contributed by atoms with Crippen LogP contribution in [0.3, 0.4) is 0 Å². The van der Waals surface area contributed by atoms with Crippen molar-refractivity contribution in [2.75, 3.05) is 6.61 Å².